The molecule has 0 bridgehead atoms. The number of aliphatic hydroxyl groups excluding tert-OH is 3. The lowest BCUT2D eigenvalue weighted by Gasteiger charge is -2.45. The number of anilines is 1. The Morgan fingerprint density at radius 3 is 2.53 bits per heavy atom. The molecule has 11 nitrogen and oxygen atoms in total. The Bertz CT molecular complexity index is 1530. The van der Waals surface area contributed by atoms with E-state index in [0.717, 1.165) is 12.1 Å². The Balaban J connectivity index is 1.55. The summed E-state index contributed by atoms with van der Waals surface area (Å²) in [5, 5.41) is 49.8. The first-order valence-electron chi connectivity index (χ1n) is 13.3. The first-order chi connectivity index (χ1) is 20.6. The summed E-state index contributed by atoms with van der Waals surface area (Å²) in [5.74, 6) is -2.33. The number of carbonyl (C=O) groups is 1. The maximum absolute atomic E-state index is 14.4. The highest BCUT2D eigenvalue weighted by Gasteiger charge is 2.52. The SMILES string of the molecule is CO[C@@H]1[C@@H](n2cc(-c3cc(F)c(Br)c(F)c3)nn2)[C@@H](O)[C@@H](CO)O[C@H]1C(=O)N(c1cc(Br)cc(C#N)c1)[C@H]1CCC[C@@H]1O. The molecule has 2 fully saturated rings. The Hall–Kier alpha value is -2.84. The number of amides is 1. The van der Waals surface area contributed by atoms with Crippen LogP contribution in [0.25, 0.3) is 11.3 Å². The zero-order chi connectivity index (χ0) is 31.0. The number of ether oxygens (including phenoxy) is 2. The van der Waals surface area contributed by atoms with Gasteiger partial charge in [-0.15, -0.1) is 5.10 Å². The van der Waals surface area contributed by atoms with Crippen LogP contribution in [0.5, 0.6) is 0 Å². The molecule has 1 saturated carbocycles. The van der Waals surface area contributed by atoms with E-state index in [-0.39, 0.29) is 21.3 Å². The molecule has 1 saturated heterocycles. The number of hydrogen-bond donors (Lipinski definition) is 3. The molecule has 0 spiro atoms. The van der Waals surface area contributed by atoms with E-state index in [1.165, 1.54) is 29.0 Å². The van der Waals surface area contributed by atoms with E-state index in [0.29, 0.717) is 29.4 Å². The highest BCUT2D eigenvalue weighted by atomic mass is 79.9. The van der Waals surface area contributed by atoms with Gasteiger partial charge >= 0.3 is 0 Å². The molecule has 2 heterocycles. The van der Waals surface area contributed by atoms with E-state index in [9.17, 15) is 34.2 Å². The van der Waals surface area contributed by atoms with E-state index in [2.05, 4.69) is 48.2 Å². The van der Waals surface area contributed by atoms with Crippen LogP contribution >= 0.6 is 31.9 Å². The van der Waals surface area contributed by atoms with Crippen LogP contribution in [-0.2, 0) is 14.3 Å². The normalized spacial score (nSPS) is 27.2. The van der Waals surface area contributed by atoms with E-state index in [1.807, 2.05) is 0 Å². The molecular formula is C28H27Br2F2N5O6. The molecule has 3 aromatic rings. The van der Waals surface area contributed by atoms with Crippen LogP contribution in [0.2, 0.25) is 0 Å². The highest BCUT2D eigenvalue weighted by Crippen LogP contribution is 2.37. The second kappa shape index (κ2) is 13.0. The van der Waals surface area contributed by atoms with Crippen LogP contribution < -0.4 is 4.90 Å². The smallest absolute Gasteiger partial charge is 0.259 e. The van der Waals surface area contributed by atoms with Crippen LogP contribution in [0.3, 0.4) is 0 Å². The summed E-state index contributed by atoms with van der Waals surface area (Å²) in [6.07, 6.45) is -3.20. The number of hydrogen-bond acceptors (Lipinski definition) is 9. The van der Waals surface area contributed by atoms with Gasteiger partial charge in [0.2, 0.25) is 0 Å². The lowest BCUT2D eigenvalue weighted by Crippen LogP contribution is -2.62. The zero-order valence-corrected chi connectivity index (χ0v) is 25.8. The minimum absolute atomic E-state index is 0.0793. The first kappa shape index (κ1) is 31.6. The molecule has 228 valence electrons. The largest absolute Gasteiger partial charge is 0.394 e. The summed E-state index contributed by atoms with van der Waals surface area (Å²) in [4.78, 5) is 15.8. The summed E-state index contributed by atoms with van der Waals surface area (Å²) in [6.45, 7) is -0.663. The molecule has 7 atom stereocenters. The van der Waals surface area contributed by atoms with Crippen molar-refractivity contribution in [2.75, 3.05) is 18.6 Å². The second-order valence-corrected chi connectivity index (χ2v) is 12.1. The van der Waals surface area contributed by atoms with Crippen molar-refractivity contribution in [3.05, 3.63) is 62.7 Å². The Labute approximate surface area is 261 Å². The molecule has 1 aliphatic carbocycles. The quantitative estimate of drug-likeness (QED) is 0.312. The number of aromatic nitrogens is 3. The average Bonchev–Trinajstić information content (AvgIpc) is 3.64. The van der Waals surface area contributed by atoms with Crippen molar-refractivity contribution >= 4 is 43.5 Å². The van der Waals surface area contributed by atoms with Crippen molar-refractivity contribution in [2.45, 2.75) is 61.9 Å². The Morgan fingerprint density at radius 2 is 1.93 bits per heavy atom. The monoisotopic (exact) mass is 725 g/mol. The molecule has 0 radical (unpaired) electrons. The number of aliphatic hydroxyl groups is 3. The molecule has 1 aromatic heterocycles. The van der Waals surface area contributed by atoms with Crippen LogP contribution in [-0.4, -0.2) is 86.5 Å². The number of nitriles is 1. The van der Waals surface area contributed by atoms with Crippen LogP contribution in [0.15, 0.2) is 45.5 Å². The molecule has 3 N–H and O–H groups in total. The average molecular weight is 727 g/mol. The zero-order valence-electron chi connectivity index (χ0n) is 22.6. The minimum Gasteiger partial charge on any atom is -0.394 e. The summed E-state index contributed by atoms with van der Waals surface area (Å²) in [7, 11) is 1.31. The first-order valence-corrected chi connectivity index (χ1v) is 14.9. The minimum atomic E-state index is -1.44. The topological polar surface area (TPSA) is 154 Å². The predicted octanol–water partition coefficient (Wildman–Crippen LogP) is 3.24. The molecule has 15 heteroatoms. The van der Waals surface area contributed by atoms with Crippen molar-refractivity contribution in [3.63, 3.8) is 0 Å². The van der Waals surface area contributed by atoms with Crippen LogP contribution in [0.1, 0.15) is 30.9 Å². The maximum atomic E-state index is 14.4. The number of benzene rings is 2. The van der Waals surface area contributed by atoms with E-state index >= 15 is 0 Å². The van der Waals surface area contributed by atoms with Crippen molar-refractivity contribution in [1.29, 1.82) is 5.26 Å². The van der Waals surface area contributed by atoms with Gasteiger partial charge in [0.15, 0.2) is 6.10 Å². The summed E-state index contributed by atoms with van der Waals surface area (Å²) in [5.41, 5.74) is 0.776. The fraction of sp³-hybridized carbons (Fsp3) is 0.429. The van der Waals surface area contributed by atoms with Crippen molar-refractivity contribution < 1.29 is 38.4 Å². The molecule has 2 aliphatic rings. The molecular weight excluding hydrogens is 700 g/mol. The van der Waals surface area contributed by atoms with Gasteiger partial charge in [0, 0.05) is 22.8 Å². The third-order valence-electron chi connectivity index (χ3n) is 7.78. The third-order valence-corrected chi connectivity index (χ3v) is 9.00. The summed E-state index contributed by atoms with van der Waals surface area (Å²) < 4.78 is 41.5. The fourth-order valence-corrected chi connectivity index (χ4v) is 6.45. The van der Waals surface area contributed by atoms with Gasteiger partial charge in [0.25, 0.3) is 5.91 Å². The molecule has 43 heavy (non-hydrogen) atoms. The molecule has 5 rings (SSSR count). The van der Waals surface area contributed by atoms with Gasteiger partial charge in [-0.05, 0) is 65.5 Å². The van der Waals surface area contributed by atoms with Gasteiger partial charge in [-0.2, -0.15) is 5.26 Å². The number of halogens is 4. The Kier molecular flexibility index (Phi) is 9.57. The lowest BCUT2D eigenvalue weighted by molar-refractivity contribution is -0.211. The summed E-state index contributed by atoms with van der Waals surface area (Å²) >= 11 is 6.21. The predicted molar refractivity (Wildman–Crippen MR) is 155 cm³/mol. The van der Waals surface area contributed by atoms with Gasteiger partial charge in [-0.1, -0.05) is 21.1 Å². The standard InChI is InChI=1S/C28H27Br2F2N5O6/c1-42-26-24(36-11-19(34-35-36)14-7-17(31)23(30)18(32)8-14)25(40)22(12-38)43-27(26)28(41)37(20-3-2-4-21(20)39)16-6-13(10-33)5-15(29)9-16/h5-9,11,20-22,24-27,38-40H,2-4,12H2,1H3/t20-,21-,22+,24-,25-,26+,27+/m0/s1. The van der Waals surface area contributed by atoms with Gasteiger partial charge in [-0.3, -0.25) is 4.79 Å². The van der Waals surface area contributed by atoms with E-state index in [4.69, 9.17) is 9.47 Å². The number of nitrogens with zero attached hydrogens (tertiary/aromatic N) is 5. The van der Waals surface area contributed by atoms with E-state index in [1.54, 1.807) is 12.1 Å². The van der Waals surface area contributed by atoms with Gasteiger partial charge in [-0.25, -0.2) is 13.5 Å². The highest BCUT2D eigenvalue weighted by molar-refractivity contribution is 9.10. The van der Waals surface area contributed by atoms with Crippen LogP contribution in [0, 0.1) is 23.0 Å². The third kappa shape index (κ3) is 6.10. The number of rotatable bonds is 7. The van der Waals surface area contributed by atoms with Gasteiger partial charge < -0.3 is 29.7 Å². The maximum Gasteiger partial charge on any atom is 0.259 e. The van der Waals surface area contributed by atoms with Crippen molar-refractivity contribution in [3.8, 4) is 17.3 Å². The molecule has 1 aliphatic heterocycles. The van der Waals surface area contributed by atoms with Crippen LogP contribution in [0.4, 0.5) is 14.5 Å². The molecule has 0 unspecified atom stereocenters. The second-order valence-electron chi connectivity index (χ2n) is 10.4. The lowest BCUT2D eigenvalue weighted by atomic mass is 9.91. The van der Waals surface area contributed by atoms with Gasteiger partial charge in [0.1, 0.15) is 41.7 Å². The van der Waals surface area contributed by atoms with Crippen molar-refractivity contribution in [2.24, 2.45) is 0 Å². The molecule has 2 aromatic carbocycles. The van der Waals surface area contributed by atoms with Gasteiger partial charge in [0.05, 0.1) is 41.1 Å². The number of methoxy groups -OCH3 is 1. The summed E-state index contributed by atoms with van der Waals surface area (Å²) in [6, 6.07) is 7.17. The molecule has 1 amide bonds. The van der Waals surface area contributed by atoms with Crippen molar-refractivity contribution in [1.82, 2.24) is 15.0 Å². The fourth-order valence-electron chi connectivity index (χ4n) is 5.74. The van der Waals surface area contributed by atoms with E-state index < -0.39 is 66.8 Å². The number of carbonyl (C=O) groups excluding carboxylic acids is 1. The Morgan fingerprint density at radius 1 is 1.21 bits per heavy atom.